The van der Waals surface area contributed by atoms with Gasteiger partial charge in [-0.05, 0) is 43.3 Å². The standard InChI is InChI=1S/C17H19BrN2O3.ClH/c18-13-3-1-4-14(11-13)22-12-15-5-6-16(23-15)17(21)20-9-2-7-19-8-10-20;/h1,3-6,11,19H,2,7-10,12H2;1H. The molecule has 0 spiro atoms. The van der Waals surface area contributed by atoms with Crippen molar-refractivity contribution in [3.63, 3.8) is 0 Å². The lowest BCUT2D eigenvalue weighted by Crippen LogP contribution is -2.33. The Bertz CT molecular complexity index is 669. The predicted octanol–water partition coefficient (Wildman–Crippen LogP) is 3.48. The van der Waals surface area contributed by atoms with E-state index in [1.165, 1.54) is 0 Å². The number of carbonyl (C=O) groups excluding carboxylic acids is 1. The SMILES string of the molecule is Cl.O=C(c1ccc(COc2cccc(Br)c2)o1)N1CCCNCC1. The number of hydrogen-bond donors (Lipinski definition) is 1. The Morgan fingerprint density at radius 2 is 2.12 bits per heavy atom. The van der Waals surface area contributed by atoms with E-state index < -0.39 is 0 Å². The molecular formula is C17H20BrClN2O3. The average Bonchev–Trinajstić information content (AvgIpc) is 2.86. The Morgan fingerprint density at radius 1 is 1.25 bits per heavy atom. The average molecular weight is 416 g/mol. The Balaban J connectivity index is 0.00000208. The summed E-state index contributed by atoms with van der Waals surface area (Å²) in [5, 5.41) is 3.28. The van der Waals surface area contributed by atoms with Crippen molar-refractivity contribution < 1.29 is 13.9 Å². The molecule has 1 fully saturated rings. The highest BCUT2D eigenvalue weighted by molar-refractivity contribution is 9.10. The second-order valence-corrected chi connectivity index (χ2v) is 6.32. The van der Waals surface area contributed by atoms with Crippen molar-refractivity contribution in [2.45, 2.75) is 13.0 Å². The number of halogens is 2. The van der Waals surface area contributed by atoms with Gasteiger partial charge in [-0.1, -0.05) is 22.0 Å². The molecule has 7 heteroatoms. The van der Waals surface area contributed by atoms with E-state index in [0.717, 1.165) is 36.3 Å². The second kappa shape index (κ2) is 9.11. The van der Waals surface area contributed by atoms with Crippen LogP contribution in [0, 0.1) is 0 Å². The first-order chi connectivity index (χ1) is 11.2. The van der Waals surface area contributed by atoms with Gasteiger partial charge in [0, 0.05) is 24.1 Å². The van der Waals surface area contributed by atoms with Gasteiger partial charge in [0.05, 0.1) is 0 Å². The van der Waals surface area contributed by atoms with Crippen LogP contribution in [0.3, 0.4) is 0 Å². The van der Waals surface area contributed by atoms with Gasteiger partial charge in [-0.2, -0.15) is 0 Å². The summed E-state index contributed by atoms with van der Waals surface area (Å²) in [6, 6.07) is 11.1. The lowest BCUT2D eigenvalue weighted by atomic mass is 10.3. The van der Waals surface area contributed by atoms with E-state index in [1.54, 1.807) is 12.1 Å². The number of hydrogen-bond acceptors (Lipinski definition) is 4. The van der Waals surface area contributed by atoms with E-state index in [2.05, 4.69) is 21.2 Å². The summed E-state index contributed by atoms with van der Waals surface area (Å²) in [4.78, 5) is 14.3. The number of benzene rings is 1. The zero-order valence-corrected chi connectivity index (χ0v) is 15.6. The van der Waals surface area contributed by atoms with Crippen LogP contribution in [-0.2, 0) is 6.61 Å². The van der Waals surface area contributed by atoms with Gasteiger partial charge in [0.25, 0.3) is 5.91 Å². The molecule has 0 bridgehead atoms. The Morgan fingerprint density at radius 3 is 2.96 bits per heavy atom. The van der Waals surface area contributed by atoms with Crippen molar-refractivity contribution in [1.29, 1.82) is 0 Å². The maximum absolute atomic E-state index is 12.4. The number of nitrogens with one attached hydrogen (secondary N) is 1. The molecule has 1 aliphatic heterocycles. The maximum Gasteiger partial charge on any atom is 0.289 e. The van der Waals surface area contributed by atoms with Crippen LogP contribution in [0.5, 0.6) is 5.75 Å². The minimum atomic E-state index is -0.0533. The monoisotopic (exact) mass is 414 g/mol. The summed E-state index contributed by atoms with van der Waals surface area (Å²) >= 11 is 3.40. The van der Waals surface area contributed by atoms with Gasteiger partial charge in [0.1, 0.15) is 18.1 Å². The van der Waals surface area contributed by atoms with Gasteiger partial charge in [-0.25, -0.2) is 0 Å². The molecule has 1 aromatic heterocycles. The molecule has 1 aromatic carbocycles. The zero-order valence-electron chi connectivity index (χ0n) is 13.2. The van der Waals surface area contributed by atoms with Crippen molar-refractivity contribution in [2.24, 2.45) is 0 Å². The van der Waals surface area contributed by atoms with Crippen LogP contribution in [0.4, 0.5) is 0 Å². The molecule has 0 radical (unpaired) electrons. The molecular weight excluding hydrogens is 396 g/mol. The number of ether oxygens (including phenoxy) is 1. The van der Waals surface area contributed by atoms with Crippen LogP contribution in [0.1, 0.15) is 22.7 Å². The van der Waals surface area contributed by atoms with E-state index in [1.807, 2.05) is 29.2 Å². The van der Waals surface area contributed by atoms with Crippen LogP contribution in [-0.4, -0.2) is 37.0 Å². The third-order valence-corrected chi connectivity index (χ3v) is 4.17. The van der Waals surface area contributed by atoms with Crippen LogP contribution in [0.2, 0.25) is 0 Å². The van der Waals surface area contributed by atoms with Crippen molar-refractivity contribution >= 4 is 34.2 Å². The first-order valence-electron chi connectivity index (χ1n) is 7.69. The molecule has 3 rings (SSSR count). The summed E-state index contributed by atoms with van der Waals surface area (Å²) in [6.07, 6.45) is 0.964. The van der Waals surface area contributed by atoms with Gasteiger partial charge in [0.15, 0.2) is 5.76 Å². The van der Waals surface area contributed by atoms with Gasteiger partial charge in [-0.15, -0.1) is 12.4 Å². The largest absolute Gasteiger partial charge is 0.486 e. The summed E-state index contributed by atoms with van der Waals surface area (Å²) in [5.74, 6) is 1.71. The normalized spacial score (nSPS) is 14.6. The lowest BCUT2D eigenvalue weighted by molar-refractivity contribution is 0.0730. The molecule has 0 saturated carbocycles. The smallest absolute Gasteiger partial charge is 0.289 e. The van der Waals surface area contributed by atoms with Crippen molar-refractivity contribution in [3.05, 3.63) is 52.4 Å². The lowest BCUT2D eigenvalue weighted by Gasteiger charge is -2.18. The van der Waals surface area contributed by atoms with Crippen LogP contribution >= 0.6 is 28.3 Å². The second-order valence-electron chi connectivity index (χ2n) is 5.41. The number of rotatable bonds is 4. The summed E-state index contributed by atoms with van der Waals surface area (Å²) in [7, 11) is 0. The number of furan rings is 1. The van der Waals surface area contributed by atoms with E-state index >= 15 is 0 Å². The molecule has 24 heavy (non-hydrogen) atoms. The van der Waals surface area contributed by atoms with Crippen LogP contribution in [0.25, 0.3) is 0 Å². The molecule has 0 unspecified atom stereocenters. The van der Waals surface area contributed by atoms with Crippen molar-refractivity contribution in [3.8, 4) is 5.75 Å². The van der Waals surface area contributed by atoms with Gasteiger partial charge in [-0.3, -0.25) is 4.79 Å². The number of carbonyl (C=O) groups is 1. The van der Waals surface area contributed by atoms with Gasteiger partial charge < -0.3 is 19.4 Å². The fourth-order valence-corrected chi connectivity index (χ4v) is 2.86. The third kappa shape index (κ3) is 5.00. The van der Waals surface area contributed by atoms with E-state index in [-0.39, 0.29) is 18.3 Å². The molecule has 0 atom stereocenters. The summed E-state index contributed by atoms with van der Waals surface area (Å²) < 4.78 is 12.3. The minimum Gasteiger partial charge on any atom is -0.486 e. The molecule has 1 aliphatic rings. The first-order valence-corrected chi connectivity index (χ1v) is 8.49. The molecule has 130 valence electrons. The van der Waals surface area contributed by atoms with E-state index in [4.69, 9.17) is 9.15 Å². The highest BCUT2D eigenvalue weighted by Gasteiger charge is 2.20. The topological polar surface area (TPSA) is 54.7 Å². The molecule has 5 nitrogen and oxygen atoms in total. The Labute approximate surface area is 155 Å². The van der Waals surface area contributed by atoms with Gasteiger partial charge >= 0.3 is 0 Å². The van der Waals surface area contributed by atoms with E-state index in [0.29, 0.717) is 24.7 Å². The molecule has 1 saturated heterocycles. The summed E-state index contributed by atoms with van der Waals surface area (Å²) in [6.45, 7) is 3.55. The number of amides is 1. The highest BCUT2D eigenvalue weighted by Crippen LogP contribution is 2.20. The number of nitrogens with zero attached hydrogens (tertiary/aromatic N) is 1. The van der Waals surface area contributed by atoms with Crippen molar-refractivity contribution in [2.75, 3.05) is 26.2 Å². The molecule has 1 amide bonds. The molecule has 0 aliphatic carbocycles. The molecule has 2 heterocycles. The predicted molar refractivity (Wildman–Crippen MR) is 97.8 cm³/mol. The fraction of sp³-hybridized carbons (Fsp3) is 0.353. The quantitative estimate of drug-likeness (QED) is 0.831. The highest BCUT2D eigenvalue weighted by atomic mass is 79.9. The fourth-order valence-electron chi connectivity index (χ4n) is 2.49. The maximum atomic E-state index is 12.4. The summed E-state index contributed by atoms with van der Waals surface area (Å²) in [5.41, 5.74) is 0. The zero-order chi connectivity index (χ0) is 16.1. The first kappa shape index (κ1) is 18.8. The molecule has 2 aromatic rings. The van der Waals surface area contributed by atoms with Crippen LogP contribution in [0.15, 0.2) is 45.3 Å². The van der Waals surface area contributed by atoms with Gasteiger partial charge in [0.2, 0.25) is 0 Å². The minimum absolute atomic E-state index is 0. The third-order valence-electron chi connectivity index (χ3n) is 3.68. The Kier molecular flexibility index (Phi) is 7.15. The van der Waals surface area contributed by atoms with Crippen LogP contribution < -0.4 is 10.1 Å². The van der Waals surface area contributed by atoms with Crippen molar-refractivity contribution in [1.82, 2.24) is 10.2 Å². The van der Waals surface area contributed by atoms with E-state index in [9.17, 15) is 4.79 Å². The Hall–Kier alpha value is -1.50. The molecule has 1 N–H and O–H groups in total.